The molecule has 2 aromatic carbocycles. The monoisotopic (exact) mass is 410 g/mol. The smallest absolute Gasteiger partial charge is 0.338 e. The van der Waals surface area contributed by atoms with E-state index >= 15 is 0 Å². The van der Waals surface area contributed by atoms with Crippen molar-refractivity contribution in [2.75, 3.05) is 6.61 Å². The average molecular weight is 410 g/mol. The summed E-state index contributed by atoms with van der Waals surface area (Å²) in [5, 5.41) is 1.37. The van der Waals surface area contributed by atoms with Crippen LogP contribution in [0.1, 0.15) is 31.4 Å². The van der Waals surface area contributed by atoms with Crippen molar-refractivity contribution in [3.8, 4) is 5.75 Å². The lowest BCUT2D eigenvalue weighted by molar-refractivity contribution is -0.139. The molecule has 0 aliphatic rings. The third-order valence-electron chi connectivity index (χ3n) is 4.80. The van der Waals surface area contributed by atoms with E-state index in [0.29, 0.717) is 29.4 Å². The maximum atomic E-state index is 14.9. The second-order valence-corrected chi connectivity index (χ2v) is 7.27. The molecule has 0 aliphatic carbocycles. The first-order chi connectivity index (χ1) is 14.2. The first-order valence-electron chi connectivity index (χ1n) is 9.54. The van der Waals surface area contributed by atoms with Crippen molar-refractivity contribution in [3.05, 3.63) is 65.5 Å². The lowest BCUT2D eigenvalue weighted by Crippen LogP contribution is -2.09. The third-order valence-corrected chi connectivity index (χ3v) is 4.80. The van der Waals surface area contributed by atoms with E-state index in [2.05, 4.69) is 13.2 Å². The molecule has 0 fully saturated rings. The van der Waals surface area contributed by atoms with Crippen LogP contribution >= 0.6 is 0 Å². The normalized spacial score (nSPS) is 10.9. The van der Waals surface area contributed by atoms with Crippen LogP contribution in [0.15, 0.2) is 53.0 Å². The zero-order valence-electron chi connectivity index (χ0n) is 17.3. The van der Waals surface area contributed by atoms with E-state index < -0.39 is 17.8 Å². The summed E-state index contributed by atoms with van der Waals surface area (Å²) in [5.74, 6) is -2.04. The van der Waals surface area contributed by atoms with Crippen LogP contribution in [0, 0.1) is 12.7 Å². The number of esters is 2. The van der Waals surface area contributed by atoms with Gasteiger partial charge in [0.05, 0.1) is 6.61 Å². The SMILES string of the molecule is C=C(C)C(=O)OCCCc1ccc2c(oc3c(F)c(OC(=O)C(=C)C)ccc32)c1C. The Hall–Kier alpha value is -3.41. The number of benzene rings is 2. The maximum Gasteiger partial charge on any atom is 0.338 e. The first kappa shape index (κ1) is 21.3. The fourth-order valence-electron chi connectivity index (χ4n) is 3.12. The van der Waals surface area contributed by atoms with Crippen LogP contribution in [0.3, 0.4) is 0 Å². The quantitative estimate of drug-likeness (QED) is 0.221. The van der Waals surface area contributed by atoms with E-state index in [1.807, 2.05) is 19.1 Å². The maximum absolute atomic E-state index is 14.9. The molecular formula is C24H23FO5. The zero-order chi connectivity index (χ0) is 22.0. The van der Waals surface area contributed by atoms with E-state index in [1.165, 1.54) is 13.0 Å². The largest absolute Gasteiger partial charge is 0.462 e. The zero-order valence-corrected chi connectivity index (χ0v) is 17.3. The molecule has 5 nitrogen and oxygen atoms in total. The molecule has 0 radical (unpaired) electrons. The Morgan fingerprint density at radius 1 is 1.00 bits per heavy atom. The van der Waals surface area contributed by atoms with Crippen LogP contribution in [-0.2, 0) is 20.7 Å². The van der Waals surface area contributed by atoms with Crippen molar-refractivity contribution in [2.45, 2.75) is 33.6 Å². The fraction of sp³-hybridized carbons (Fsp3) is 0.250. The molecule has 0 atom stereocenters. The summed E-state index contributed by atoms with van der Waals surface area (Å²) in [5.41, 5.74) is 3.05. The molecule has 0 unspecified atom stereocenters. The summed E-state index contributed by atoms with van der Waals surface area (Å²) in [6.45, 7) is 12.3. The van der Waals surface area contributed by atoms with Crippen molar-refractivity contribution >= 4 is 33.9 Å². The molecule has 1 heterocycles. The van der Waals surface area contributed by atoms with Gasteiger partial charge in [0.2, 0.25) is 5.82 Å². The number of furan rings is 1. The highest BCUT2D eigenvalue weighted by Crippen LogP contribution is 2.36. The Morgan fingerprint density at radius 2 is 1.63 bits per heavy atom. The van der Waals surface area contributed by atoms with Gasteiger partial charge < -0.3 is 13.9 Å². The van der Waals surface area contributed by atoms with Crippen LogP contribution in [0.25, 0.3) is 21.9 Å². The number of aryl methyl sites for hydroxylation is 2. The van der Waals surface area contributed by atoms with Gasteiger partial charge in [-0.15, -0.1) is 0 Å². The van der Waals surface area contributed by atoms with Crippen LogP contribution in [0.5, 0.6) is 5.75 Å². The number of hydrogen-bond acceptors (Lipinski definition) is 5. The van der Waals surface area contributed by atoms with Gasteiger partial charge in [0.15, 0.2) is 11.3 Å². The molecule has 1 aromatic heterocycles. The van der Waals surface area contributed by atoms with Crippen molar-refractivity contribution in [1.29, 1.82) is 0 Å². The summed E-state index contributed by atoms with van der Waals surface area (Å²) >= 11 is 0. The predicted octanol–water partition coefficient (Wildman–Crippen LogP) is 5.57. The molecule has 0 aliphatic heterocycles. The number of rotatable bonds is 7. The van der Waals surface area contributed by atoms with Crippen LogP contribution in [0.4, 0.5) is 4.39 Å². The second-order valence-electron chi connectivity index (χ2n) is 7.27. The molecule has 0 amide bonds. The molecule has 0 N–H and O–H groups in total. The molecular weight excluding hydrogens is 387 g/mol. The Morgan fingerprint density at radius 3 is 2.30 bits per heavy atom. The molecule has 0 saturated heterocycles. The minimum atomic E-state index is -0.731. The minimum absolute atomic E-state index is 0.0349. The van der Waals surface area contributed by atoms with Crippen LogP contribution in [0.2, 0.25) is 0 Å². The molecule has 30 heavy (non-hydrogen) atoms. The van der Waals surface area contributed by atoms with Crippen LogP contribution < -0.4 is 4.74 Å². The van der Waals surface area contributed by atoms with Gasteiger partial charge in [-0.3, -0.25) is 0 Å². The minimum Gasteiger partial charge on any atom is -0.462 e. The van der Waals surface area contributed by atoms with Gasteiger partial charge in [0.1, 0.15) is 5.58 Å². The molecule has 0 saturated carbocycles. The lowest BCUT2D eigenvalue weighted by Gasteiger charge is -2.07. The van der Waals surface area contributed by atoms with Gasteiger partial charge in [-0.2, -0.15) is 4.39 Å². The van der Waals surface area contributed by atoms with Crippen LogP contribution in [-0.4, -0.2) is 18.5 Å². The number of halogens is 1. The van der Waals surface area contributed by atoms with Gasteiger partial charge in [0.25, 0.3) is 0 Å². The van der Waals surface area contributed by atoms with Crippen molar-refractivity contribution < 1.29 is 27.9 Å². The first-order valence-corrected chi connectivity index (χ1v) is 9.54. The molecule has 3 rings (SSSR count). The van der Waals surface area contributed by atoms with Crippen molar-refractivity contribution in [1.82, 2.24) is 0 Å². The van der Waals surface area contributed by atoms with E-state index in [9.17, 15) is 14.0 Å². The van der Waals surface area contributed by atoms with Gasteiger partial charge in [-0.1, -0.05) is 25.3 Å². The summed E-state index contributed by atoms with van der Waals surface area (Å²) in [6.07, 6.45) is 1.31. The highest BCUT2D eigenvalue weighted by molar-refractivity contribution is 6.06. The standard InChI is InChI=1S/C24H23FO5/c1-13(2)23(26)28-12-6-7-16-8-9-17-18-10-11-19(29-24(27)14(3)4)20(25)22(18)30-21(17)15(16)5/h8-11H,1,3,6-7,12H2,2,4-5H3. The molecule has 156 valence electrons. The van der Waals surface area contributed by atoms with Crippen molar-refractivity contribution in [2.24, 2.45) is 0 Å². The Labute approximate surface area is 173 Å². The molecule has 3 aromatic rings. The van der Waals surface area contributed by atoms with Gasteiger partial charge in [-0.05, 0) is 56.9 Å². The van der Waals surface area contributed by atoms with E-state index in [1.54, 1.807) is 13.0 Å². The Balaban J connectivity index is 1.87. The van der Waals surface area contributed by atoms with Crippen molar-refractivity contribution in [3.63, 3.8) is 0 Å². The number of ether oxygens (including phenoxy) is 2. The van der Waals surface area contributed by atoms with Gasteiger partial charge >= 0.3 is 11.9 Å². The third kappa shape index (κ3) is 4.13. The summed E-state index contributed by atoms with van der Waals surface area (Å²) in [4.78, 5) is 23.2. The van der Waals surface area contributed by atoms with E-state index in [4.69, 9.17) is 13.9 Å². The number of carbonyl (C=O) groups is 2. The highest BCUT2D eigenvalue weighted by Gasteiger charge is 2.19. The number of hydrogen-bond donors (Lipinski definition) is 0. The average Bonchev–Trinajstić information content (AvgIpc) is 3.08. The molecule has 0 bridgehead atoms. The number of fused-ring (bicyclic) bond motifs is 3. The molecule has 6 heteroatoms. The predicted molar refractivity (Wildman–Crippen MR) is 113 cm³/mol. The highest BCUT2D eigenvalue weighted by atomic mass is 19.1. The lowest BCUT2D eigenvalue weighted by atomic mass is 10.0. The second kappa shape index (κ2) is 8.53. The Bertz CT molecular complexity index is 1190. The summed E-state index contributed by atoms with van der Waals surface area (Å²) in [7, 11) is 0. The van der Waals surface area contributed by atoms with E-state index in [-0.39, 0.29) is 23.5 Å². The fourth-order valence-corrected chi connectivity index (χ4v) is 3.12. The van der Waals surface area contributed by atoms with Gasteiger partial charge in [0, 0.05) is 21.9 Å². The van der Waals surface area contributed by atoms with Gasteiger partial charge in [-0.25, -0.2) is 9.59 Å². The summed E-state index contributed by atoms with van der Waals surface area (Å²) < 4.78 is 30.9. The number of carbonyl (C=O) groups excluding carboxylic acids is 2. The molecule has 0 spiro atoms. The topological polar surface area (TPSA) is 65.7 Å². The Kier molecular flexibility index (Phi) is 6.06. The summed E-state index contributed by atoms with van der Waals surface area (Å²) in [6, 6.07) is 6.91. The van der Waals surface area contributed by atoms with E-state index in [0.717, 1.165) is 16.5 Å².